The van der Waals surface area contributed by atoms with Gasteiger partial charge in [0.25, 0.3) is 0 Å². The van der Waals surface area contributed by atoms with Gasteiger partial charge in [-0.05, 0) is 29.3 Å². The zero-order valence-corrected chi connectivity index (χ0v) is 10.2. The van der Waals surface area contributed by atoms with Gasteiger partial charge in [0.1, 0.15) is 0 Å². The fourth-order valence-corrected chi connectivity index (χ4v) is 1.34. The summed E-state index contributed by atoms with van der Waals surface area (Å²) in [4.78, 5) is 0. The van der Waals surface area contributed by atoms with Crippen LogP contribution in [0.25, 0.3) is 0 Å². The molecule has 0 radical (unpaired) electrons. The van der Waals surface area contributed by atoms with Gasteiger partial charge in [-0.2, -0.15) is 17.6 Å². The topological polar surface area (TPSA) is 32.6 Å². The van der Waals surface area contributed by atoms with Gasteiger partial charge in [-0.3, -0.25) is 0 Å². The summed E-state index contributed by atoms with van der Waals surface area (Å²) in [7, 11) is 0. The second-order valence-corrected chi connectivity index (χ2v) is 4.34. The van der Waals surface area contributed by atoms with Gasteiger partial charge in [0.05, 0.1) is 12.1 Å². The minimum absolute atomic E-state index is 0.0440. The molecule has 100 valence electrons. The molecule has 0 aliphatic rings. The van der Waals surface area contributed by atoms with Crippen molar-refractivity contribution in [3.8, 4) is 0 Å². The van der Waals surface area contributed by atoms with Crippen LogP contribution in [0.4, 0.5) is 17.6 Å². The number of rotatable bonds is 4. The number of nitrogens with zero attached hydrogens (tertiary/aromatic N) is 1. The molecule has 0 unspecified atom stereocenters. The van der Waals surface area contributed by atoms with Gasteiger partial charge in [-0.15, -0.1) is 0 Å². The van der Waals surface area contributed by atoms with Crippen LogP contribution in [0, 0.1) is 0 Å². The maximum atomic E-state index is 13.0. The molecule has 0 bridgehead atoms. The maximum absolute atomic E-state index is 13.0. The minimum Gasteiger partial charge on any atom is -0.411 e. The monoisotopic (exact) mass is 303 g/mol. The van der Waals surface area contributed by atoms with Crippen LogP contribution in [0.15, 0.2) is 29.4 Å². The van der Waals surface area contributed by atoms with E-state index in [-0.39, 0.29) is 5.56 Å². The summed E-state index contributed by atoms with van der Waals surface area (Å²) in [6.07, 6.45) is -1.50. The molecule has 1 aromatic rings. The summed E-state index contributed by atoms with van der Waals surface area (Å²) in [5, 5.41) is 6.80. The fraction of sp³-hybridized carbons (Fsp3) is 0.300. The van der Waals surface area contributed by atoms with Crippen molar-refractivity contribution in [2.75, 3.05) is 0 Å². The van der Waals surface area contributed by atoms with Gasteiger partial charge in [-0.1, -0.05) is 28.9 Å². The average molecular weight is 304 g/mol. The molecule has 0 aromatic heterocycles. The molecule has 0 heterocycles. The largest absolute Gasteiger partial charge is 0.411 e. The summed E-state index contributed by atoms with van der Waals surface area (Å²) in [6.45, 7) is 0. The molecule has 1 N–H and O–H groups in total. The summed E-state index contributed by atoms with van der Waals surface area (Å²) in [5.41, 5.74) is -0.570. The van der Waals surface area contributed by atoms with Crippen molar-refractivity contribution >= 4 is 28.9 Å². The molecule has 0 spiro atoms. The highest BCUT2D eigenvalue weighted by Gasteiger charge is 2.55. The lowest BCUT2D eigenvalue weighted by molar-refractivity contribution is -0.151. The van der Waals surface area contributed by atoms with E-state index in [2.05, 4.69) is 16.8 Å². The average Bonchev–Trinajstić information content (AvgIpc) is 2.25. The maximum Gasteiger partial charge on any atom is 0.384 e. The normalized spacial score (nSPS) is 13.8. The summed E-state index contributed by atoms with van der Waals surface area (Å²) in [6, 6.07) is 5.22. The van der Waals surface area contributed by atoms with Gasteiger partial charge < -0.3 is 5.21 Å². The molecular formula is C10H7Cl2F4NO. The Bertz CT molecular complexity index is 442. The third-order valence-electron chi connectivity index (χ3n) is 2.10. The third kappa shape index (κ3) is 3.49. The SMILES string of the molecule is O/N=C(\CC(F)(F)C(F)(F)Cl)c1ccc(Cl)cc1. The van der Waals surface area contributed by atoms with Crippen molar-refractivity contribution in [3.05, 3.63) is 34.9 Å². The Hall–Kier alpha value is -1.01. The van der Waals surface area contributed by atoms with Crippen molar-refractivity contribution < 1.29 is 22.8 Å². The van der Waals surface area contributed by atoms with Gasteiger partial charge >= 0.3 is 11.3 Å². The number of halogens is 6. The molecule has 18 heavy (non-hydrogen) atoms. The lowest BCUT2D eigenvalue weighted by Crippen LogP contribution is -2.37. The lowest BCUT2D eigenvalue weighted by Gasteiger charge is -2.21. The Morgan fingerprint density at radius 1 is 1.17 bits per heavy atom. The van der Waals surface area contributed by atoms with Crippen molar-refractivity contribution in [2.45, 2.75) is 17.7 Å². The van der Waals surface area contributed by atoms with Gasteiger partial charge in [0.15, 0.2) is 0 Å². The van der Waals surface area contributed by atoms with E-state index in [9.17, 15) is 17.6 Å². The van der Waals surface area contributed by atoms with Crippen LogP contribution in [0.3, 0.4) is 0 Å². The van der Waals surface area contributed by atoms with E-state index in [0.717, 1.165) is 0 Å². The molecule has 0 fully saturated rings. The molecule has 2 nitrogen and oxygen atoms in total. The quantitative estimate of drug-likeness (QED) is 0.289. The summed E-state index contributed by atoms with van der Waals surface area (Å²) in [5.74, 6) is -4.53. The Balaban J connectivity index is 2.97. The van der Waals surface area contributed by atoms with Crippen molar-refractivity contribution in [1.82, 2.24) is 0 Å². The fourth-order valence-electron chi connectivity index (χ4n) is 1.15. The van der Waals surface area contributed by atoms with Crippen LogP contribution in [0.5, 0.6) is 0 Å². The minimum atomic E-state index is -4.73. The Morgan fingerprint density at radius 2 is 1.67 bits per heavy atom. The third-order valence-corrected chi connectivity index (χ3v) is 2.63. The van der Waals surface area contributed by atoms with Gasteiger partial charge in [-0.25, -0.2) is 0 Å². The summed E-state index contributed by atoms with van der Waals surface area (Å²) >= 11 is 9.87. The Labute approximate surface area is 110 Å². The predicted octanol–water partition coefficient (Wildman–Crippen LogP) is 4.38. The smallest absolute Gasteiger partial charge is 0.384 e. The zero-order valence-electron chi connectivity index (χ0n) is 8.68. The molecule has 1 aromatic carbocycles. The highest BCUT2D eigenvalue weighted by molar-refractivity contribution is 6.30. The zero-order chi connectivity index (χ0) is 14.0. The van der Waals surface area contributed by atoms with E-state index in [4.69, 9.17) is 16.8 Å². The molecule has 0 amide bonds. The van der Waals surface area contributed by atoms with Crippen LogP contribution in [-0.4, -0.2) is 22.2 Å². The highest BCUT2D eigenvalue weighted by Crippen LogP contribution is 2.40. The van der Waals surface area contributed by atoms with E-state index in [1.807, 2.05) is 0 Å². The first kappa shape index (κ1) is 15.0. The first-order chi connectivity index (χ1) is 8.17. The molecule has 0 saturated heterocycles. The van der Waals surface area contributed by atoms with Crippen LogP contribution >= 0.6 is 23.2 Å². The summed E-state index contributed by atoms with van der Waals surface area (Å²) < 4.78 is 50.9. The first-order valence-corrected chi connectivity index (χ1v) is 5.34. The predicted molar refractivity (Wildman–Crippen MR) is 60.1 cm³/mol. The second-order valence-electron chi connectivity index (χ2n) is 3.43. The number of oxime groups is 1. The van der Waals surface area contributed by atoms with Gasteiger partial charge in [0.2, 0.25) is 0 Å². The van der Waals surface area contributed by atoms with Crippen LogP contribution in [0.1, 0.15) is 12.0 Å². The van der Waals surface area contributed by atoms with E-state index >= 15 is 0 Å². The van der Waals surface area contributed by atoms with Crippen LogP contribution in [-0.2, 0) is 0 Å². The lowest BCUT2D eigenvalue weighted by atomic mass is 10.0. The van der Waals surface area contributed by atoms with Crippen LogP contribution in [0.2, 0.25) is 5.02 Å². The van der Waals surface area contributed by atoms with E-state index in [1.165, 1.54) is 24.3 Å². The molecule has 1 rings (SSSR count). The Kier molecular flexibility index (Phi) is 4.45. The van der Waals surface area contributed by atoms with Crippen molar-refractivity contribution in [1.29, 1.82) is 0 Å². The molecule has 0 atom stereocenters. The standard InChI is InChI=1S/C10H7Cl2F4NO/c11-7-3-1-6(2-4-7)8(17-18)5-9(13,14)10(12,15)16/h1-4,18H,5H2/b17-8+. The molecule has 0 aliphatic carbocycles. The number of hydrogen-bond donors (Lipinski definition) is 1. The number of hydrogen-bond acceptors (Lipinski definition) is 2. The second kappa shape index (κ2) is 5.32. The van der Waals surface area contributed by atoms with E-state index in [0.29, 0.717) is 5.02 Å². The molecule has 0 saturated carbocycles. The number of alkyl halides is 5. The Morgan fingerprint density at radius 3 is 2.06 bits per heavy atom. The molecule has 0 aliphatic heterocycles. The van der Waals surface area contributed by atoms with E-state index in [1.54, 1.807) is 0 Å². The molecular weight excluding hydrogens is 297 g/mol. The van der Waals surface area contributed by atoms with Crippen molar-refractivity contribution in [2.24, 2.45) is 5.16 Å². The van der Waals surface area contributed by atoms with E-state index < -0.39 is 23.4 Å². The highest BCUT2D eigenvalue weighted by atomic mass is 35.5. The van der Waals surface area contributed by atoms with Crippen LogP contribution < -0.4 is 0 Å². The van der Waals surface area contributed by atoms with Gasteiger partial charge in [0, 0.05) is 5.02 Å². The molecule has 8 heteroatoms. The first-order valence-electron chi connectivity index (χ1n) is 4.59. The number of benzene rings is 1. The van der Waals surface area contributed by atoms with Crippen molar-refractivity contribution in [3.63, 3.8) is 0 Å².